The van der Waals surface area contributed by atoms with Crippen LogP contribution < -0.4 is 4.90 Å². The van der Waals surface area contributed by atoms with Crippen LogP contribution in [0.3, 0.4) is 0 Å². The average Bonchev–Trinajstić information content (AvgIpc) is 3.98. The van der Waals surface area contributed by atoms with Crippen molar-refractivity contribution in [2.45, 2.75) is 0 Å². The minimum Gasteiger partial charge on any atom is -0.456 e. The molecule has 0 aliphatic rings. The topological polar surface area (TPSA) is 21.3 Å². The summed E-state index contributed by atoms with van der Waals surface area (Å²) >= 11 is 0. The van der Waals surface area contributed by atoms with Crippen molar-refractivity contribution < 1.29 is 4.42 Å². The Morgan fingerprint density at radius 1 is 0.275 bits per heavy atom. The lowest BCUT2D eigenvalue weighted by Crippen LogP contribution is -2.10. The third kappa shape index (κ3) is 7.16. The van der Waals surface area contributed by atoms with Crippen LogP contribution in [0.1, 0.15) is 0 Å². The van der Waals surface area contributed by atoms with Crippen molar-refractivity contribution in [3.63, 3.8) is 0 Å². The molecular formula is C66H44N2O. The highest BCUT2D eigenvalue weighted by Gasteiger charge is 2.18. The molecule has 0 bridgehead atoms. The van der Waals surface area contributed by atoms with Gasteiger partial charge in [-0.2, -0.15) is 0 Å². The minimum absolute atomic E-state index is 0.895. The lowest BCUT2D eigenvalue weighted by atomic mass is 9.94. The molecule has 0 spiro atoms. The summed E-state index contributed by atoms with van der Waals surface area (Å²) in [6, 6.07) is 96.0. The number of aromatic nitrogens is 1. The Hall–Kier alpha value is -9.18. The molecule has 0 N–H and O–H groups in total. The molecule has 3 nitrogen and oxygen atoms in total. The zero-order valence-electron chi connectivity index (χ0n) is 37.7. The van der Waals surface area contributed by atoms with E-state index >= 15 is 0 Å². The van der Waals surface area contributed by atoms with E-state index in [-0.39, 0.29) is 0 Å². The maximum atomic E-state index is 6.28. The van der Waals surface area contributed by atoms with Crippen LogP contribution in [0.25, 0.3) is 105 Å². The number of hydrogen-bond donors (Lipinski definition) is 0. The lowest BCUT2D eigenvalue weighted by Gasteiger charge is -2.26. The Labute approximate surface area is 401 Å². The lowest BCUT2D eigenvalue weighted by molar-refractivity contribution is 0.669. The summed E-state index contributed by atoms with van der Waals surface area (Å²) in [5.41, 5.74) is 20.3. The van der Waals surface area contributed by atoms with Crippen LogP contribution in [0.5, 0.6) is 0 Å². The van der Waals surface area contributed by atoms with E-state index in [1.807, 2.05) is 12.1 Å². The number of benzene rings is 11. The highest BCUT2D eigenvalue weighted by molar-refractivity contribution is 6.12. The van der Waals surface area contributed by atoms with E-state index < -0.39 is 0 Å². The van der Waals surface area contributed by atoms with Crippen molar-refractivity contribution in [1.82, 2.24) is 4.57 Å². The quantitative estimate of drug-likeness (QED) is 0.144. The predicted molar refractivity (Wildman–Crippen MR) is 290 cm³/mol. The summed E-state index contributed by atoms with van der Waals surface area (Å²) in [7, 11) is 0. The van der Waals surface area contributed by atoms with Crippen molar-refractivity contribution in [2.24, 2.45) is 0 Å². The molecule has 2 heterocycles. The second kappa shape index (κ2) is 16.9. The summed E-state index contributed by atoms with van der Waals surface area (Å²) in [6.45, 7) is 0. The van der Waals surface area contributed by atoms with Gasteiger partial charge in [0.05, 0.1) is 11.0 Å². The molecule has 0 amide bonds. The first-order chi connectivity index (χ1) is 34.2. The monoisotopic (exact) mass is 880 g/mol. The Kier molecular flexibility index (Phi) is 9.84. The van der Waals surface area contributed by atoms with Crippen molar-refractivity contribution in [2.75, 3.05) is 4.90 Å². The summed E-state index contributed by atoms with van der Waals surface area (Å²) in [4.78, 5) is 2.36. The smallest absolute Gasteiger partial charge is 0.136 e. The molecule has 324 valence electrons. The van der Waals surface area contributed by atoms with E-state index in [4.69, 9.17) is 4.42 Å². The number of hydrogen-bond acceptors (Lipinski definition) is 2. The molecule has 0 fully saturated rings. The highest BCUT2D eigenvalue weighted by Crippen LogP contribution is 2.42. The van der Waals surface area contributed by atoms with Crippen molar-refractivity contribution in [3.05, 3.63) is 267 Å². The van der Waals surface area contributed by atoms with E-state index in [9.17, 15) is 0 Å². The minimum atomic E-state index is 0.895. The van der Waals surface area contributed by atoms with Gasteiger partial charge in [-0.1, -0.05) is 194 Å². The Morgan fingerprint density at radius 3 is 1.43 bits per heavy atom. The van der Waals surface area contributed by atoms with E-state index in [2.05, 4.69) is 264 Å². The van der Waals surface area contributed by atoms with Crippen LogP contribution in [0.15, 0.2) is 271 Å². The number of rotatable bonds is 9. The van der Waals surface area contributed by atoms with Gasteiger partial charge in [0, 0.05) is 44.3 Å². The number of nitrogens with zero attached hydrogens (tertiary/aromatic N) is 2. The van der Waals surface area contributed by atoms with E-state index in [0.717, 1.165) is 66.9 Å². The molecule has 11 aromatic carbocycles. The van der Waals surface area contributed by atoms with Gasteiger partial charge in [0.2, 0.25) is 0 Å². The molecule has 0 saturated heterocycles. The Bertz CT molecular complexity index is 3940. The Balaban J connectivity index is 0.854. The van der Waals surface area contributed by atoms with Gasteiger partial charge in [0.1, 0.15) is 11.2 Å². The third-order valence-corrected chi connectivity index (χ3v) is 13.6. The summed E-state index contributed by atoms with van der Waals surface area (Å²) in [6.07, 6.45) is 0. The molecule has 13 aromatic rings. The summed E-state index contributed by atoms with van der Waals surface area (Å²) < 4.78 is 8.66. The van der Waals surface area contributed by atoms with Gasteiger partial charge in [-0.3, -0.25) is 0 Å². The van der Waals surface area contributed by atoms with Crippen LogP contribution in [-0.2, 0) is 0 Å². The molecule has 0 saturated carbocycles. The van der Waals surface area contributed by atoms with E-state index in [0.29, 0.717) is 0 Å². The SMILES string of the molecule is c1ccc(-c2ccccc2-c2cccc(N(c3ccc(-c4ccc(-c5cccc(-n6c7ccccc7c7ccccc76)c5)cc4)cc3)c3ccc(-c4cccc5oc6ccccc6c45)cc3)c2)cc1. The number of furan rings is 1. The van der Waals surface area contributed by atoms with Crippen LogP contribution >= 0.6 is 0 Å². The van der Waals surface area contributed by atoms with Gasteiger partial charge in [-0.15, -0.1) is 0 Å². The van der Waals surface area contributed by atoms with Gasteiger partial charge >= 0.3 is 0 Å². The molecule has 0 unspecified atom stereocenters. The fourth-order valence-electron chi connectivity index (χ4n) is 10.4. The zero-order chi connectivity index (χ0) is 45.7. The van der Waals surface area contributed by atoms with Crippen molar-refractivity contribution >= 4 is 60.8 Å². The first kappa shape index (κ1) is 40.1. The van der Waals surface area contributed by atoms with Crippen LogP contribution in [0.4, 0.5) is 17.1 Å². The van der Waals surface area contributed by atoms with Gasteiger partial charge in [0.25, 0.3) is 0 Å². The van der Waals surface area contributed by atoms with Gasteiger partial charge < -0.3 is 13.9 Å². The van der Waals surface area contributed by atoms with Crippen molar-refractivity contribution in [3.8, 4) is 61.3 Å². The van der Waals surface area contributed by atoms with Gasteiger partial charge in [0.15, 0.2) is 0 Å². The van der Waals surface area contributed by atoms with Crippen LogP contribution in [-0.4, -0.2) is 4.57 Å². The first-order valence-electron chi connectivity index (χ1n) is 23.6. The predicted octanol–water partition coefficient (Wildman–Crippen LogP) is 18.5. The molecule has 0 aliphatic carbocycles. The fraction of sp³-hybridized carbons (Fsp3) is 0. The van der Waals surface area contributed by atoms with E-state index in [1.54, 1.807) is 0 Å². The normalized spacial score (nSPS) is 11.5. The second-order valence-corrected chi connectivity index (χ2v) is 17.7. The standard InChI is InChI=1S/C66H44N2O/c1-2-15-48(16-3-1)56-21-4-5-22-57(56)51-18-13-19-54(44-51)67(53-41-37-49(38-42-53)58-26-14-30-65-66(58)61-25-8-11-29-64(61)69-65)52-39-35-46(36-40-52)45-31-33-47(34-32-45)50-17-12-20-55(43-50)68-62-27-9-6-23-59(62)60-24-7-10-28-63(60)68/h1-44H. The molecule has 3 heteroatoms. The molecule has 13 rings (SSSR count). The fourth-order valence-corrected chi connectivity index (χ4v) is 10.4. The first-order valence-corrected chi connectivity index (χ1v) is 23.6. The number of para-hydroxylation sites is 3. The molecule has 0 atom stereocenters. The maximum absolute atomic E-state index is 6.28. The molecule has 0 aliphatic heterocycles. The van der Waals surface area contributed by atoms with Gasteiger partial charge in [-0.05, 0) is 128 Å². The van der Waals surface area contributed by atoms with Gasteiger partial charge in [-0.25, -0.2) is 0 Å². The van der Waals surface area contributed by atoms with Crippen LogP contribution in [0, 0.1) is 0 Å². The molecule has 69 heavy (non-hydrogen) atoms. The maximum Gasteiger partial charge on any atom is 0.136 e. The zero-order valence-corrected chi connectivity index (χ0v) is 37.7. The summed E-state index contributed by atoms with van der Waals surface area (Å²) in [5.74, 6) is 0. The average molecular weight is 881 g/mol. The molecule has 2 aromatic heterocycles. The molecule has 0 radical (unpaired) electrons. The number of anilines is 3. The van der Waals surface area contributed by atoms with Crippen LogP contribution in [0.2, 0.25) is 0 Å². The highest BCUT2D eigenvalue weighted by atomic mass is 16.3. The number of fused-ring (bicyclic) bond motifs is 6. The Morgan fingerprint density at radius 2 is 0.739 bits per heavy atom. The third-order valence-electron chi connectivity index (χ3n) is 13.6. The second-order valence-electron chi connectivity index (χ2n) is 17.7. The van der Waals surface area contributed by atoms with Crippen molar-refractivity contribution in [1.29, 1.82) is 0 Å². The summed E-state index contributed by atoms with van der Waals surface area (Å²) in [5, 5.41) is 4.79. The largest absolute Gasteiger partial charge is 0.456 e. The molecular weight excluding hydrogens is 837 g/mol. The van der Waals surface area contributed by atoms with E-state index in [1.165, 1.54) is 55.2 Å².